The highest BCUT2D eigenvalue weighted by Crippen LogP contribution is 2.22. The summed E-state index contributed by atoms with van der Waals surface area (Å²) in [5, 5.41) is 3.43. The molecule has 8 nitrogen and oxygen atoms in total. The van der Waals surface area contributed by atoms with Gasteiger partial charge in [-0.3, -0.25) is 9.59 Å². The minimum Gasteiger partial charge on any atom is -0.464 e. The quantitative estimate of drug-likeness (QED) is 0.290. The van der Waals surface area contributed by atoms with Crippen LogP contribution in [0.5, 0.6) is 0 Å². The summed E-state index contributed by atoms with van der Waals surface area (Å²) in [7, 11) is 0. The molecule has 1 amide bonds. The van der Waals surface area contributed by atoms with Crippen LogP contribution in [0.4, 0.5) is 0 Å². The molecular weight excluding hydrogens is 330 g/mol. The van der Waals surface area contributed by atoms with Gasteiger partial charge in [-0.2, -0.15) is 0 Å². The SMILES string of the molecule is CCCOC(=O)CNC(=O)CCCCSc1ncnc2nc[nH]c12. The largest absolute Gasteiger partial charge is 0.464 e. The number of H-pyrrole nitrogens is 1. The van der Waals surface area contributed by atoms with E-state index < -0.39 is 5.97 Å². The van der Waals surface area contributed by atoms with Crippen LogP contribution < -0.4 is 5.32 Å². The Hall–Kier alpha value is -2.16. The average Bonchev–Trinajstić information content (AvgIpc) is 3.07. The first-order chi connectivity index (χ1) is 11.7. The first kappa shape index (κ1) is 18.2. The van der Waals surface area contributed by atoms with Crippen LogP contribution in [-0.2, 0) is 14.3 Å². The summed E-state index contributed by atoms with van der Waals surface area (Å²) in [5.41, 5.74) is 1.49. The van der Waals surface area contributed by atoms with Gasteiger partial charge in [0.2, 0.25) is 5.91 Å². The lowest BCUT2D eigenvalue weighted by molar-refractivity contribution is -0.143. The molecule has 0 aromatic carbocycles. The van der Waals surface area contributed by atoms with E-state index in [1.807, 2.05) is 6.92 Å². The lowest BCUT2D eigenvalue weighted by atomic mass is 10.2. The summed E-state index contributed by atoms with van der Waals surface area (Å²) in [5.74, 6) is 0.316. The molecule has 0 unspecified atom stereocenters. The molecule has 9 heteroatoms. The maximum absolute atomic E-state index is 11.6. The van der Waals surface area contributed by atoms with Crippen LogP contribution in [-0.4, -0.2) is 50.7 Å². The van der Waals surface area contributed by atoms with Crippen LogP contribution in [0.25, 0.3) is 11.2 Å². The predicted molar refractivity (Wildman–Crippen MR) is 90.5 cm³/mol. The Balaban J connectivity index is 1.59. The van der Waals surface area contributed by atoms with Gasteiger partial charge in [0.25, 0.3) is 0 Å². The van der Waals surface area contributed by atoms with Crippen molar-refractivity contribution in [2.75, 3.05) is 18.9 Å². The van der Waals surface area contributed by atoms with Crippen LogP contribution >= 0.6 is 11.8 Å². The number of amides is 1. The van der Waals surface area contributed by atoms with Gasteiger partial charge >= 0.3 is 5.97 Å². The summed E-state index contributed by atoms with van der Waals surface area (Å²) in [6.45, 7) is 2.24. The fourth-order valence-corrected chi connectivity index (χ4v) is 2.89. The Kier molecular flexibility index (Phi) is 7.47. The second-order valence-corrected chi connectivity index (χ2v) is 6.17. The van der Waals surface area contributed by atoms with E-state index in [0.29, 0.717) is 18.7 Å². The molecule has 130 valence electrons. The van der Waals surface area contributed by atoms with Crippen molar-refractivity contribution in [1.82, 2.24) is 25.3 Å². The predicted octanol–water partition coefficient (Wildman–Crippen LogP) is 1.68. The van der Waals surface area contributed by atoms with Gasteiger partial charge in [-0.15, -0.1) is 11.8 Å². The zero-order valence-corrected chi connectivity index (χ0v) is 14.4. The van der Waals surface area contributed by atoms with E-state index in [1.54, 1.807) is 18.1 Å². The van der Waals surface area contributed by atoms with Crippen molar-refractivity contribution in [2.24, 2.45) is 0 Å². The highest BCUT2D eigenvalue weighted by molar-refractivity contribution is 7.99. The highest BCUT2D eigenvalue weighted by atomic mass is 32.2. The molecule has 0 bridgehead atoms. The van der Waals surface area contributed by atoms with Crippen LogP contribution in [0.3, 0.4) is 0 Å². The number of esters is 1. The minimum absolute atomic E-state index is 0.0632. The Morgan fingerprint density at radius 1 is 1.29 bits per heavy atom. The molecule has 0 aliphatic heterocycles. The van der Waals surface area contributed by atoms with Crippen molar-refractivity contribution in [3.05, 3.63) is 12.7 Å². The summed E-state index contributed by atoms with van der Waals surface area (Å²) in [6, 6.07) is 0. The second-order valence-electron chi connectivity index (χ2n) is 5.08. The van der Waals surface area contributed by atoms with E-state index in [-0.39, 0.29) is 12.5 Å². The molecule has 24 heavy (non-hydrogen) atoms. The monoisotopic (exact) mass is 351 g/mol. The van der Waals surface area contributed by atoms with Crippen molar-refractivity contribution in [3.8, 4) is 0 Å². The molecule has 0 aliphatic rings. The first-order valence-corrected chi connectivity index (χ1v) is 8.88. The molecule has 0 saturated carbocycles. The molecule has 0 atom stereocenters. The zero-order valence-electron chi connectivity index (χ0n) is 13.6. The van der Waals surface area contributed by atoms with Crippen LogP contribution in [0, 0.1) is 0 Å². The molecule has 0 radical (unpaired) electrons. The number of nitrogens with zero attached hydrogens (tertiary/aromatic N) is 3. The lowest BCUT2D eigenvalue weighted by Gasteiger charge is -2.05. The average molecular weight is 351 g/mol. The molecule has 0 spiro atoms. The third-order valence-electron chi connectivity index (χ3n) is 3.12. The van der Waals surface area contributed by atoms with Crippen molar-refractivity contribution >= 4 is 34.8 Å². The molecule has 2 aromatic rings. The van der Waals surface area contributed by atoms with Gasteiger partial charge in [-0.25, -0.2) is 15.0 Å². The maximum atomic E-state index is 11.6. The number of rotatable bonds is 10. The molecule has 2 aromatic heterocycles. The van der Waals surface area contributed by atoms with E-state index in [4.69, 9.17) is 4.74 Å². The molecule has 2 rings (SSSR count). The molecule has 0 fully saturated rings. The summed E-state index contributed by atoms with van der Waals surface area (Å²) in [4.78, 5) is 38.3. The third kappa shape index (κ3) is 5.80. The summed E-state index contributed by atoms with van der Waals surface area (Å²) >= 11 is 1.61. The van der Waals surface area contributed by atoms with Gasteiger partial charge in [-0.05, 0) is 25.0 Å². The molecule has 2 heterocycles. The van der Waals surface area contributed by atoms with Gasteiger partial charge in [0.1, 0.15) is 23.4 Å². The van der Waals surface area contributed by atoms with E-state index in [2.05, 4.69) is 25.3 Å². The Bertz CT molecular complexity index is 676. The Morgan fingerprint density at radius 3 is 3.00 bits per heavy atom. The second kappa shape index (κ2) is 9.86. The highest BCUT2D eigenvalue weighted by Gasteiger charge is 2.08. The lowest BCUT2D eigenvalue weighted by Crippen LogP contribution is -2.30. The Labute approximate surface area is 144 Å². The van der Waals surface area contributed by atoms with Gasteiger partial charge in [0, 0.05) is 6.42 Å². The molecule has 0 aliphatic carbocycles. The summed E-state index contributed by atoms with van der Waals surface area (Å²) < 4.78 is 4.88. The van der Waals surface area contributed by atoms with E-state index >= 15 is 0 Å². The number of aromatic nitrogens is 4. The number of carbonyl (C=O) groups is 2. The number of fused-ring (bicyclic) bond motifs is 1. The third-order valence-corrected chi connectivity index (χ3v) is 4.20. The van der Waals surface area contributed by atoms with E-state index in [9.17, 15) is 9.59 Å². The number of unbranched alkanes of at least 4 members (excludes halogenated alkanes) is 1. The van der Waals surface area contributed by atoms with Crippen molar-refractivity contribution in [3.63, 3.8) is 0 Å². The van der Waals surface area contributed by atoms with Crippen LogP contribution in [0.1, 0.15) is 32.6 Å². The van der Waals surface area contributed by atoms with Gasteiger partial charge in [0.05, 0.1) is 12.9 Å². The molecule has 0 saturated heterocycles. The van der Waals surface area contributed by atoms with Gasteiger partial charge in [0.15, 0.2) is 5.65 Å². The van der Waals surface area contributed by atoms with Crippen molar-refractivity contribution < 1.29 is 14.3 Å². The van der Waals surface area contributed by atoms with E-state index in [0.717, 1.165) is 35.6 Å². The van der Waals surface area contributed by atoms with Gasteiger partial charge in [-0.1, -0.05) is 6.92 Å². The maximum Gasteiger partial charge on any atom is 0.325 e. The number of thioether (sulfide) groups is 1. The summed E-state index contributed by atoms with van der Waals surface area (Å²) in [6.07, 6.45) is 5.88. The standard InChI is InChI=1S/C15H21N5O3S/c1-2-6-23-12(22)8-16-11(21)5-3-4-7-24-15-13-14(18-9-17-13)19-10-20-15/h9-10H,2-8H2,1H3,(H,16,21)(H,17,18,19,20). The normalized spacial score (nSPS) is 10.7. The van der Waals surface area contributed by atoms with Crippen molar-refractivity contribution in [1.29, 1.82) is 0 Å². The smallest absolute Gasteiger partial charge is 0.325 e. The Morgan fingerprint density at radius 2 is 2.17 bits per heavy atom. The van der Waals surface area contributed by atoms with Crippen molar-refractivity contribution in [2.45, 2.75) is 37.6 Å². The van der Waals surface area contributed by atoms with Crippen LogP contribution in [0.15, 0.2) is 17.7 Å². The minimum atomic E-state index is -0.395. The first-order valence-electron chi connectivity index (χ1n) is 7.90. The fourth-order valence-electron chi connectivity index (χ4n) is 1.93. The van der Waals surface area contributed by atoms with E-state index in [1.165, 1.54) is 6.33 Å². The topological polar surface area (TPSA) is 110 Å². The number of nitrogens with one attached hydrogen (secondary N) is 2. The fraction of sp³-hybridized carbons (Fsp3) is 0.533. The number of carbonyl (C=O) groups excluding carboxylic acids is 2. The number of hydrogen-bond acceptors (Lipinski definition) is 7. The zero-order chi connectivity index (χ0) is 17.2. The molecule has 2 N–H and O–H groups in total. The number of hydrogen-bond donors (Lipinski definition) is 2. The van der Waals surface area contributed by atoms with Crippen LogP contribution in [0.2, 0.25) is 0 Å². The molecular formula is C15H21N5O3S. The number of ether oxygens (including phenoxy) is 1. The number of aromatic amines is 1. The number of imidazole rings is 1. The van der Waals surface area contributed by atoms with Gasteiger partial charge < -0.3 is 15.0 Å².